The number of hydrogen-bond donors (Lipinski definition) is 3. The van der Waals surface area contributed by atoms with E-state index in [1.54, 1.807) is 31.4 Å². The van der Waals surface area contributed by atoms with Gasteiger partial charge in [0, 0.05) is 26.2 Å². The summed E-state index contributed by atoms with van der Waals surface area (Å²) in [7, 11) is 0.196. The zero-order chi connectivity index (χ0) is 25.0. The molecule has 2 aromatic heterocycles. The largest absolute Gasteiger partial charge is 0.479 e. The summed E-state index contributed by atoms with van der Waals surface area (Å²) >= 11 is 6.31. The summed E-state index contributed by atoms with van der Waals surface area (Å²) < 4.78 is 31.4. The maximum Gasteiger partial charge on any atom is 0.239 e. The number of benzene rings is 1. The van der Waals surface area contributed by atoms with Crippen molar-refractivity contribution >= 4 is 56.3 Å². The minimum Gasteiger partial charge on any atom is -0.479 e. The molecule has 1 aliphatic heterocycles. The zero-order valence-corrected chi connectivity index (χ0v) is 21.2. The van der Waals surface area contributed by atoms with Crippen LogP contribution in [0.15, 0.2) is 42.6 Å². The maximum atomic E-state index is 11.7. The van der Waals surface area contributed by atoms with Gasteiger partial charge in [-0.1, -0.05) is 23.7 Å². The average Bonchev–Trinajstić information content (AvgIpc) is 2.82. The Morgan fingerprint density at radius 3 is 2.37 bits per heavy atom. The van der Waals surface area contributed by atoms with Gasteiger partial charge in [0.25, 0.3) is 0 Å². The second-order valence-electron chi connectivity index (χ2n) is 8.08. The van der Waals surface area contributed by atoms with Crippen LogP contribution in [-0.2, 0) is 10.0 Å². The minimum absolute atomic E-state index is 0.262. The van der Waals surface area contributed by atoms with Crippen LogP contribution < -0.4 is 25.0 Å². The van der Waals surface area contributed by atoms with Crippen molar-refractivity contribution in [1.29, 1.82) is 0 Å². The highest BCUT2D eigenvalue weighted by Gasteiger charge is 2.18. The summed E-state index contributed by atoms with van der Waals surface area (Å²) in [6.45, 7) is 3.73. The van der Waals surface area contributed by atoms with Crippen LogP contribution in [0, 0.1) is 0 Å². The van der Waals surface area contributed by atoms with E-state index >= 15 is 0 Å². The third-order valence-electron chi connectivity index (χ3n) is 5.33. The number of anilines is 6. The fraction of sp³-hybridized carbons (Fsp3) is 0.318. The first-order valence-corrected chi connectivity index (χ1v) is 13.1. The predicted molar refractivity (Wildman–Crippen MR) is 139 cm³/mol. The molecule has 0 unspecified atom stereocenters. The monoisotopic (exact) mass is 518 g/mol. The number of hydrogen-bond acceptors (Lipinski definition) is 10. The van der Waals surface area contributed by atoms with Gasteiger partial charge >= 0.3 is 0 Å². The summed E-state index contributed by atoms with van der Waals surface area (Å²) in [5.74, 6) is 1.82. The van der Waals surface area contributed by atoms with Crippen molar-refractivity contribution in [2.45, 2.75) is 0 Å². The number of piperazine rings is 1. The molecule has 0 saturated carbocycles. The number of rotatable bonds is 8. The van der Waals surface area contributed by atoms with Crippen molar-refractivity contribution in [3.05, 3.63) is 47.6 Å². The molecule has 0 radical (unpaired) electrons. The fourth-order valence-corrected chi connectivity index (χ4v) is 4.25. The number of methoxy groups -OCH3 is 1. The highest BCUT2D eigenvalue weighted by Crippen LogP contribution is 2.31. The SMILES string of the molecule is COc1nc(N2CCN(C)CC2)ccc1Nc1ncc(Cl)c(Nc2ccccc2NS(C)(=O)=O)n1. The number of aromatic nitrogens is 3. The van der Waals surface area contributed by atoms with E-state index in [1.807, 2.05) is 12.1 Å². The molecule has 3 aromatic rings. The van der Waals surface area contributed by atoms with Gasteiger partial charge in [-0.3, -0.25) is 4.72 Å². The molecule has 1 fully saturated rings. The van der Waals surface area contributed by atoms with Crippen LogP contribution >= 0.6 is 11.6 Å². The number of pyridine rings is 1. The Bertz CT molecular complexity index is 1300. The van der Waals surface area contributed by atoms with Gasteiger partial charge < -0.3 is 25.2 Å². The van der Waals surface area contributed by atoms with Gasteiger partial charge in [0.15, 0.2) is 5.82 Å². The lowest BCUT2D eigenvalue weighted by atomic mass is 10.2. The molecular weight excluding hydrogens is 492 g/mol. The molecule has 0 bridgehead atoms. The molecule has 13 heteroatoms. The first kappa shape index (κ1) is 24.8. The lowest BCUT2D eigenvalue weighted by Crippen LogP contribution is -2.44. The molecule has 35 heavy (non-hydrogen) atoms. The Morgan fingerprint density at radius 2 is 1.69 bits per heavy atom. The Kier molecular flexibility index (Phi) is 7.43. The molecule has 0 spiro atoms. The molecule has 1 aliphatic rings. The summed E-state index contributed by atoms with van der Waals surface area (Å²) in [6, 6.07) is 10.6. The number of nitrogens with zero attached hydrogens (tertiary/aromatic N) is 5. The van der Waals surface area contributed by atoms with Gasteiger partial charge in [-0.05, 0) is 31.3 Å². The van der Waals surface area contributed by atoms with Crippen LogP contribution in [0.1, 0.15) is 0 Å². The number of para-hydroxylation sites is 2. The Morgan fingerprint density at radius 1 is 0.971 bits per heavy atom. The van der Waals surface area contributed by atoms with Crippen LogP contribution in [0.25, 0.3) is 0 Å². The summed E-state index contributed by atoms with van der Waals surface area (Å²) in [6.07, 6.45) is 2.53. The second-order valence-corrected chi connectivity index (χ2v) is 10.2. The molecule has 1 saturated heterocycles. The van der Waals surface area contributed by atoms with Gasteiger partial charge in [0.2, 0.25) is 21.9 Å². The van der Waals surface area contributed by atoms with E-state index in [0.29, 0.717) is 28.8 Å². The maximum absolute atomic E-state index is 11.7. The van der Waals surface area contributed by atoms with E-state index in [0.717, 1.165) is 38.3 Å². The molecule has 4 rings (SSSR count). The van der Waals surface area contributed by atoms with Crippen LogP contribution in [0.2, 0.25) is 5.02 Å². The van der Waals surface area contributed by atoms with Crippen molar-refractivity contribution in [1.82, 2.24) is 19.9 Å². The molecule has 1 aromatic carbocycles. The number of ether oxygens (including phenoxy) is 1. The van der Waals surface area contributed by atoms with Crippen molar-refractivity contribution in [2.75, 3.05) is 66.8 Å². The number of likely N-dealkylation sites (N-methyl/N-ethyl adjacent to an activating group) is 1. The van der Waals surface area contributed by atoms with Gasteiger partial charge in [-0.2, -0.15) is 9.97 Å². The van der Waals surface area contributed by atoms with Crippen molar-refractivity contribution in [3.8, 4) is 5.88 Å². The first-order chi connectivity index (χ1) is 16.7. The van der Waals surface area contributed by atoms with Crippen LogP contribution in [-0.4, -0.2) is 74.9 Å². The predicted octanol–water partition coefficient (Wildman–Crippen LogP) is 3.14. The van der Waals surface area contributed by atoms with Gasteiger partial charge in [-0.25, -0.2) is 13.4 Å². The summed E-state index contributed by atoms with van der Waals surface area (Å²) in [5.41, 5.74) is 1.45. The number of nitrogens with one attached hydrogen (secondary N) is 3. The fourth-order valence-electron chi connectivity index (χ4n) is 3.54. The number of sulfonamides is 1. The standard InChI is InChI=1S/C22H27ClN8O3S/c1-30-10-12-31(13-11-30)19-9-8-18(21(27-19)34-2)26-22-24-14-15(23)20(28-22)25-16-6-4-5-7-17(16)29-35(3,32)33/h4-9,14,29H,10-13H2,1-3H3,(H2,24,25,26,28). The van der Waals surface area contributed by atoms with E-state index in [9.17, 15) is 8.42 Å². The third-order valence-corrected chi connectivity index (χ3v) is 6.20. The van der Waals surface area contributed by atoms with E-state index in [4.69, 9.17) is 16.3 Å². The quantitative estimate of drug-likeness (QED) is 0.409. The molecule has 11 nitrogen and oxygen atoms in total. The van der Waals surface area contributed by atoms with Crippen LogP contribution in [0.4, 0.5) is 34.6 Å². The molecule has 0 aliphatic carbocycles. The minimum atomic E-state index is -3.47. The van der Waals surface area contributed by atoms with Gasteiger partial charge in [-0.15, -0.1) is 0 Å². The third kappa shape index (κ3) is 6.41. The zero-order valence-electron chi connectivity index (χ0n) is 19.6. The van der Waals surface area contributed by atoms with Gasteiger partial charge in [0.05, 0.1) is 30.9 Å². The molecule has 0 amide bonds. The Hall–Kier alpha value is -3.35. The van der Waals surface area contributed by atoms with E-state index in [-0.39, 0.29) is 11.0 Å². The Labute approximate surface area is 209 Å². The van der Waals surface area contributed by atoms with Crippen molar-refractivity contribution in [2.24, 2.45) is 0 Å². The lowest BCUT2D eigenvalue weighted by molar-refractivity contribution is 0.311. The molecule has 186 valence electrons. The molecular formula is C22H27ClN8O3S. The smallest absolute Gasteiger partial charge is 0.239 e. The molecule has 3 N–H and O–H groups in total. The highest BCUT2D eigenvalue weighted by atomic mass is 35.5. The second kappa shape index (κ2) is 10.5. The van der Waals surface area contributed by atoms with E-state index < -0.39 is 10.0 Å². The van der Waals surface area contributed by atoms with Crippen molar-refractivity contribution < 1.29 is 13.2 Å². The molecule has 0 atom stereocenters. The van der Waals surface area contributed by atoms with Crippen molar-refractivity contribution in [3.63, 3.8) is 0 Å². The van der Waals surface area contributed by atoms with Gasteiger partial charge in [0.1, 0.15) is 16.5 Å². The Balaban J connectivity index is 1.55. The average molecular weight is 519 g/mol. The summed E-state index contributed by atoms with van der Waals surface area (Å²) in [4.78, 5) is 17.9. The summed E-state index contributed by atoms with van der Waals surface area (Å²) in [5, 5.41) is 6.45. The van der Waals surface area contributed by atoms with Crippen LogP contribution in [0.5, 0.6) is 5.88 Å². The molecule has 3 heterocycles. The highest BCUT2D eigenvalue weighted by molar-refractivity contribution is 7.92. The van der Waals surface area contributed by atoms with E-state index in [1.165, 1.54) is 6.20 Å². The first-order valence-electron chi connectivity index (χ1n) is 10.8. The van der Waals surface area contributed by atoms with Crippen LogP contribution in [0.3, 0.4) is 0 Å². The normalized spacial score (nSPS) is 14.5. The number of halogens is 1. The van der Waals surface area contributed by atoms with E-state index in [2.05, 4.69) is 47.2 Å². The topological polar surface area (TPSA) is 125 Å². The lowest BCUT2D eigenvalue weighted by Gasteiger charge is -2.33.